The first kappa shape index (κ1) is 18.2. The van der Waals surface area contributed by atoms with Crippen molar-refractivity contribution in [2.75, 3.05) is 31.7 Å². The fourth-order valence-corrected chi connectivity index (χ4v) is 3.62. The summed E-state index contributed by atoms with van der Waals surface area (Å²) in [4.78, 5) is 14.8. The van der Waals surface area contributed by atoms with Crippen LogP contribution in [0.1, 0.15) is 12.5 Å². The zero-order chi connectivity index (χ0) is 19.5. The number of fused-ring (bicyclic) bond motifs is 1. The second-order valence-electron chi connectivity index (χ2n) is 6.81. The van der Waals surface area contributed by atoms with Crippen LogP contribution in [-0.2, 0) is 4.74 Å². The molecule has 1 fully saturated rings. The van der Waals surface area contributed by atoms with E-state index in [-0.39, 0.29) is 6.04 Å². The maximum Gasteiger partial charge on any atom is 0.137 e. The van der Waals surface area contributed by atoms with Crippen LogP contribution in [-0.4, -0.2) is 54.0 Å². The first-order chi connectivity index (χ1) is 13.7. The van der Waals surface area contributed by atoms with Gasteiger partial charge in [0, 0.05) is 54.4 Å². The number of morpholine rings is 1. The number of aromatic nitrogens is 3. The van der Waals surface area contributed by atoms with Gasteiger partial charge in [0.25, 0.3) is 0 Å². The highest BCUT2D eigenvalue weighted by molar-refractivity contribution is 5.93. The number of nitrogens with one attached hydrogen (secondary N) is 3. The second-order valence-corrected chi connectivity index (χ2v) is 6.81. The largest absolute Gasteiger partial charge is 0.388 e. The molecule has 0 spiro atoms. The van der Waals surface area contributed by atoms with Crippen molar-refractivity contribution in [3.63, 3.8) is 0 Å². The Morgan fingerprint density at radius 1 is 1.39 bits per heavy atom. The smallest absolute Gasteiger partial charge is 0.137 e. The third-order valence-electron chi connectivity index (χ3n) is 5.04. The summed E-state index contributed by atoms with van der Waals surface area (Å²) in [6.45, 7) is 4.33. The summed E-state index contributed by atoms with van der Waals surface area (Å²) in [5.74, 6) is 0.912. The van der Waals surface area contributed by atoms with E-state index in [1.165, 1.54) is 6.21 Å². The fraction of sp³-hybridized carbons (Fsp3) is 0.286. The molecule has 0 amide bonds. The van der Waals surface area contributed by atoms with Gasteiger partial charge in [-0.25, -0.2) is 9.97 Å². The molecule has 3 aromatic rings. The van der Waals surface area contributed by atoms with E-state index in [4.69, 9.17) is 15.1 Å². The Morgan fingerprint density at radius 3 is 3.07 bits per heavy atom. The first-order valence-electron chi connectivity index (χ1n) is 9.39. The van der Waals surface area contributed by atoms with E-state index in [0.717, 1.165) is 45.9 Å². The predicted octanol–water partition coefficient (Wildman–Crippen LogP) is 3.06. The zero-order valence-corrected chi connectivity index (χ0v) is 16.1. The molecule has 1 aliphatic heterocycles. The van der Waals surface area contributed by atoms with Crippen molar-refractivity contribution in [1.29, 1.82) is 5.41 Å². The Morgan fingerprint density at radius 2 is 2.29 bits per heavy atom. The average Bonchev–Trinajstić information content (AvgIpc) is 3.21. The van der Waals surface area contributed by atoms with E-state index in [9.17, 15) is 0 Å². The van der Waals surface area contributed by atoms with E-state index >= 15 is 0 Å². The summed E-state index contributed by atoms with van der Waals surface area (Å²) in [7, 11) is 1.86. The number of anilines is 1. The lowest BCUT2D eigenvalue weighted by Gasteiger charge is -2.34. The monoisotopic (exact) mass is 376 g/mol. The maximum absolute atomic E-state index is 7.48. The Balaban J connectivity index is 1.90. The van der Waals surface area contributed by atoms with Gasteiger partial charge in [0.2, 0.25) is 0 Å². The lowest BCUT2D eigenvalue weighted by molar-refractivity contribution is 0.0985. The number of hydrogen-bond acceptors (Lipinski definition) is 6. The molecule has 3 aromatic heterocycles. The van der Waals surface area contributed by atoms with Crippen molar-refractivity contribution < 1.29 is 4.74 Å². The molecule has 1 aliphatic rings. The van der Waals surface area contributed by atoms with Gasteiger partial charge < -0.3 is 25.3 Å². The Kier molecular flexibility index (Phi) is 5.08. The highest BCUT2D eigenvalue weighted by atomic mass is 16.5. The minimum Gasteiger partial charge on any atom is -0.388 e. The zero-order valence-electron chi connectivity index (χ0n) is 16.1. The maximum atomic E-state index is 7.48. The van der Waals surface area contributed by atoms with Gasteiger partial charge >= 0.3 is 0 Å². The number of rotatable bonds is 5. The third kappa shape index (κ3) is 3.36. The van der Waals surface area contributed by atoms with Crippen LogP contribution in [0.15, 0.2) is 42.7 Å². The molecule has 7 nitrogen and oxygen atoms in total. The molecule has 144 valence electrons. The van der Waals surface area contributed by atoms with Gasteiger partial charge in [-0.05, 0) is 37.3 Å². The van der Waals surface area contributed by atoms with Gasteiger partial charge in [0.15, 0.2) is 0 Å². The van der Waals surface area contributed by atoms with E-state index in [2.05, 4.69) is 39.2 Å². The molecule has 4 rings (SSSR count). The van der Waals surface area contributed by atoms with E-state index in [0.29, 0.717) is 13.2 Å². The molecule has 1 atom stereocenters. The quantitative estimate of drug-likeness (QED) is 0.596. The fourth-order valence-electron chi connectivity index (χ4n) is 3.62. The number of nitrogens with zero attached hydrogens (tertiary/aromatic N) is 3. The summed E-state index contributed by atoms with van der Waals surface area (Å²) in [5, 5.41) is 11.7. The molecule has 1 unspecified atom stereocenters. The number of H-pyrrole nitrogens is 1. The molecule has 0 radical (unpaired) electrons. The molecular weight excluding hydrogens is 352 g/mol. The lowest BCUT2D eigenvalue weighted by Crippen LogP contribution is -2.44. The standard InChI is InChI=1S/C21H24N6O/c1-14-13-28-10-9-27(14)20-12-15(18(23-2)3-6-22)11-19(26-20)16-4-7-24-21-17(16)5-8-25-21/h3-8,11-12,14,22-23H,9-10,13H2,1-2H3,(H,24,25)/b18-3-,22-6?. The number of ether oxygens (including phenoxy) is 1. The molecular formula is C21H24N6O. The van der Waals surface area contributed by atoms with Crippen molar-refractivity contribution >= 4 is 28.8 Å². The van der Waals surface area contributed by atoms with Gasteiger partial charge in [0.05, 0.1) is 24.9 Å². The molecule has 0 aliphatic carbocycles. The number of allylic oxidation sites excluding steroid dienone is 1. The van der Waals surface area contributed by atoms with Crippen molar-refractivity contribution in [3.8, 4) is 11.3 Å². The highest BCUT2D eigenvalue weighted by Crippen LogP contribution is 2.31. The number of hydrogen-bond donors (Lipinski definition) is 3. The summed E-state index contributed by atoms with van der Waals surface area (Å²) in [5.41, 5.74) is 4.62. The molecule has 3 N–H and O–H groups in total. The Labute approximate surface area is 164 Å². The lowest BCUT2D eigenvalue weighted by atomic mass is 10.0. The average molecular weight is 376 g/mol. The van der Waals surface area contributed by atoms with Gasteiger partial charge in [-0.1, -0.05) is 0 Å². The predicted molar refractivity (Wildman–Crippen MR) is 113 cm³/mol. The molecule has 1 saturated heterocycles. The SMILES string of the molecule is CN/C(=C\C=N)c1cc(-c2ccnc3[nH]ccc23)nc(N2CCOCC2C)c1. The van der Waals surface area contributed by atoms with Crippen LogP contribution >= 0.6 is 0 Å². The minimum absolute atomic E-state index is 0.249. The van der Waals surface area contributed by atoms with Crippen LogP contribution in [0.2, 0.25) is 0 Å². The van der Waals surface area contributed by atoms with Crippen LogP contribution in [0, 0.1) is 5.41 Å². The van der Waals surface area contributed by atoms with Gasteiger partial charge in [0.1, 0.15) is 11.5 Å². The molecule has 4 heterocycles. The van der Waals surface area contributed by atoms with Crippen molar-refractivity contribution in [2.45, 2.75) is 13.0 Å². The number of aromatic amines is 1. The van der Waals surface area contributed by atoms with Gasteiger partial charge in [-0.2, -0.15) is 0 Å². The van der Waals surface area contributed by atoms with E-state index < -0.39 is 0 Å². The molecule has 0 bridgehead atoms. The van der Waals surface area contributed by atoms with E-state index in [1.54, 1.807) is 12.3 Å². The third-order valence-corrected chi connectivity index (χ3v) is 5.04. The van der Waals surface area contributed by atoms with Crippen molar-refractivity contribution in [3.05, 3.63) is 48.3 Å². The minimum atomic E-state index is 0.249. The second kappa shape index (κ2) is 7.82. The Hall–Kier alpha value is -3.19. The van der Waals surface area contributed by atoms with Crippen LogP contribution in [0.25, 0.3) is 28.0 Å². The molecule has 7 heteroatoms. The molecule has 0 saturated carbocycles. The van der Waals surface area contributed by atoms with Crippen LogP contribution in [0.5, 0.6) is 0 Å². The highest BCUT2D eigenvalue weighted by Gasteiger charge is 2.22. The summed E-state index contributed by atoms with van der Waals surface area (Å²) < 4.78 is 5.60. The van der Waals surface area contributed by atoms with Crippen LogP contribution in [0.3, 0.4) is 0 Å². The molecule has 0 aromatic carbocycles. The van der Waals surface area contributed by atoms with Crippen LogP contribution < -0.4 is 10.2 Å². The van der Waals surface area contributed by atoms with Crippen molar-refractivity contribution in [1.82, 2.24) is 20.3 Å². The van der Waals surface area contributed by atoms with Crippen LogP contribution in [0.4, 0.5) is 5.82 Å². The normalized spacial score (nSPS) is 17.7. The summed E-state index contributed by atoms with van der Waals surface area (Å²) in [6, 6.07) is 8.40. The van der Waals surface area contributed by atoms with Gasteiger partial charge in [-0.3, -0.25) is 0 Å². The first-order valence-corrected chi connectivity index (χ1v) is 9.39. The topological polar surface area (TPSA) is 89.9 Å². The van der Waals surface area contributed by atoms with Crippen molar-refractivity contribution in [2.24, 2.45) is 0 Å². The van der Waals surface area contributed by atoms with Gasteiger partial charge in [-0.15, -0.1) is 0 Å². The summed E-state index contributed by atoms with van der Waals surface area (Å²) in [6.07, 6.45) is 6.74. The molecule has 28 heavy (non-hydrogen) atoms. The summed E-state index contributed by atoms with van der Waals surface area (Å²) >= 11 is 0. The Bertz CT molecular complexity index is 1020. The number of pyridine rings is 2. The van der Waals surface area contributed by atoms with E-state index in [1.807, 2.05) is 25.4 Å².